The summed E-state index contributed by atoms with van der Waals surface area (Å²) in [4.78, 5) is 18.3. The molecule has 0 bridgehead atoms. The van der Waals surface area contributed by atoms with Crippen molar-refractivity contribution >= 4 is 28.1 Å². The summed E-state index contributed by atoms with van der Waals surface area (Å²) >= 11 is 1.49. The molecule has 1 atom stereocenters. The largest absolute Gasteiger partial charge is 0.359 e. The van der Waals surface area contributed by atoms with E-state index in [0.29, 0.717) is 21.9 Å². The molecule has 4 aromatic rings. The third-order valence-corrected chi connectivity index (χ3v) is 6.30. The first-order valence-corrected chi connectivity index (χ1v) is 10.7. The molecule has 156 valence electrons. The second kappa shape index (κ2) is 9.10. The molecule has 2 N–H and O–H groups in total. The molecule has 2 heterocycles. The highest BCUT2D eigenvalue weighted by molar-refractivity contribution is 7.16. The Morgan fingerprint density at radius 2 is 1.68 bits per heavy atom. The highest BCUT2D eigenvalue weighted by Crippen LogP contribution is 2.41. The van der Waals surface area contributed by atoms with E-state index in [2.05, 4.69) is 15.6 Å². The summed E-state index contributed by atoms with van der Waals surface area (Å²) in [6, 6.07) is 20.7. The first-order valence-electron chi connectivity index (χ1n) is 9.93. The van der Waals surface area contributed by atoms with Crippen LogP contribution in [0.1, 0.15) is 38.0 Å². The van der Waals surface area contributed by atoms with Crippen LogP contribution in [0.25, 0.3) is 0 Å². The van der Waals surface area contributed by atoms with Crippen molar-refractivity contribution in [2.75, 3.05) is 10.6 Å². The van der Waals surface area contributed by atoms with Crippen LogP contribution in [0.3, 0.4) is 0 Å². The van der Waals surface area contributed by atoms with Gasteiger partial charge in [-0.25, -0.2) is 9.37 Å². The second-order valence-corrected chi connectivity index (χ2v) is 8.38. The number of aryl methyl sites for hydroxylation is 1. The first-order chi connectivity index (χ1) is 15.0. The fourth-order valence-corrected chi connectivity index (χ4v) is 4.55. The maximum absolute atomic E-state index is 14.9. The quantitative estimate of drug-likeness (QED) is 0.374. The van der Waals surface area contributed by atoms with Gasteiger partial charge in [-0.3, -0.25) is 4.79 Å². The van der Waals surface area contributed by atoms with Gasteiger partial charge in [-0.15, -0.1) is 11.3 Å². The van der Waals surface area contributed by atoms with Crippen molar-refractivity contribution in [3.05, 3.63) is 112 Å². The SMILES string of the molecule is Cc1sc(NC(=O)c2ccccc2)c([C@@H](Nc2ccccn2)c2ccccc2F)c1C. The van der Waals surface area contributed by atoms with Gasteiger partial charge in [0.1, 0.15) is 16.6 Å². The van der Waals surface area contributed by atoms with Crippen molar-refractivity contribution in [3.8, 4) is 0 Å². The van der Waals surface area contributed by atoms with E-state index in [1.807, 2.05) is 56.3 Å². The maximum Gasteiger partial charge on any atom is 0.256 e. The van der Waals surface area contributed by atoms with Crippen molar-refractivity contribution in [1.82, 2.24) is 4.98 Å². The summed E-state index contributed by atoms with van der Waals surface area (Å²) in [5.74, 6) is 0.104. The van der Waals surface area contributed by atoms with Gasteiger partial charge in [-0.1, -0.05) is 42.5 Å². The van der Waals surface area contributed by atoms with Gasteiger partial charge in [-0.05, 0) is 49.7 Å². The molecule has 0 radical (unpaired) electrons. The zero-order valence-corrected chi connectivity index (χ0v) is 18.0. The molecule has 6 heteroatoms. The smallest absolute Gasteiger partial charge is 0.256 e. The van der Waals surface area contributed by atoms with Crippen LogP contribution in [0.2, 0.25) is 0 Å². The lowest BCUT2D eigenvalue weighted by Gasteiger charge is -2.22. The number of rotatable bonds is 6. The predicted octanol–water partition coefficient (Wildman–Crippen LogP) is 6.35. The number of aromatic nitrogens is 1. The summed E-state index contributed by atoms with van der Waals surface area (Å²) in [5.41, 5.74) is 2.90. The van der Waals surface area contributed by atoms with Gasteiger partial charge < -0.3 is 10.6 Å². The molecule has 0 aliphatic carbocycles. The van der Waals surface area contributed by atoms with Crippen LogP contribution in [0.15, 0.2) is 79.0 Å². The summed E-state index contributed by atoms with van der Waals surface area (Å²) < 4.78 is 14.9. The Kier molecular flexibility index (Phi) is 6.09. The summed E-state index contributed by atoms with van der Waals surface area (Å²) in [6.07, 6.45) is 1.69. The molecular formula is C25H22FN3OS. The lowest BCUT2D eigenvalue weighted by atomic mass is 9.96. The average molecular weight is 432 g/mol. The van der Waals surface area contributed by atoms with Gasteiger partial charge in [0.05, 0.1) is 6.04 Å². The van der Waals surface area contributed by atoms with E-state index in [9.17, 15) is 9.18 Å². The Morgan fingerprint density at radius 1 is 0.968 bits per heavy atom. The van der Waals surface area contributed by atoms with Crippen LogP contribution in [0.4, 0.5) is 15.2 Å². The number of benzene rings is 2. The number of hydrogen-bond acceptors (Lipinski definition) is 4. The van der Waals surface area contributed by atoms with Crippen LogP contribution in [0.5, 0.6) is 0 Å². The van der Waals surface area contributed by atoms with Gasteiger partial charge in [0.2, 0.25) is 0 Å². The van der Waals surface area contributed by atoms with E-state index >= 15 is 0 Å². The topological polar surface area (TPSA) is 54.0 Å². The number of carbonyl (C=O) groups is 1. The van der Waals surface area contributed by atoms with Crippen molar-refractivity contribution in [2.24, 2.45) is 0 Å². The van der Waals surface area contributed by atoms with E-state index in [4.69, 9.17) is 0 Å². The normalized spacial score (nSPS) is 11.7. The minimum Gasteiger partial charge on any atom is -0.359 e. The Hall–Kier alpha value is -3.51. The lowest BCUT2D eigenvalue weighted by molar-refractivity contribution is 0.102. The van der Waals surface area contributed by atoms with E-state index in [1.54, 1.807) is 30.5 Å². The molecule has 2 aromatic heterocycles. The lowest BCUT2D eigenvalue weighted by Crippen LogP contribution is -2.18. The van der Waals surface area contributed by atoms with Gasteiger partial charge in [0.15, 0.2) is 0 Å². The fourth-order valence-electron chi connectivity index (χ4n) is 3.46. The van der Waals surface area contributed by atoms with Crippen LogP contribution in [-0.4, -0.2) is 10.9 Å². The molecule has 1 amide bonds. The standard InChI is InChI=1S/C25H22FN3OS/c1-16-17(2)31-25(29-24(30)18-10-4-3-5-11-18)22(16)23(19-12-6-7-13-20(19)26)28-21-14-8-9-15-27-21/h3-15,23H,1-2H3,(H,27,28)(H,29,30)/t23-/m0/s1. The highest BCUT2D eigenvalue weighted by atomic mass is 32.1. The summed E-state index contributed by atoms with van der Waals surface area (Å²) in [5, 5.41) is 7.10. The number of thiophene rings is 1. The molecule has 0 unspecified atom stereocenters. The van der Waals surface area contributed by atoms with Crippen molar-refractivity contribution in [3.63, 3.8) is 0 Å². The number of anilines is 2. The van der Waals surface area contributed by atoms with Crippen molar-refractivity contribution < 1.29 is 9.18 Å². The van der Waals surface area contributed by atoms with Gasteiger partial charge in [0, 0.05) is 27.8 Å². The first kappa shape index (κ1) is 20.8. The number of halogens is 1. The zero-order chi connectivity index (χ0) is 21.8. The van der Waals surface area contributed by atoms with E-state index in [0.717, 1.165) is 16.0 Å². The fraction of sp³-hybridized carbons (Fsp3) is 0.120. The van der Waals surface area contributed by atoms with Crippen LogP contribution >= 0.6 is 11.3 Å². The third kappa shape index (κ3) is 4.49. The Labute approximate surface area is 184 Å². The van der Waals surface area contributed by atoms with E-state index < -0.39 is 6.04 Å². The second-order valence-electron chi connectivity index (χ2n) is 7.16. The Balaban J connectivity index is 1.79. The van der Waals surface area contributed by atoms with Crippen LogP contribution in [-0.2, 0) is 0 Å². The number of hydrogen-bond donors (Lipinski definition) is 2. The molecular weight excluding hydrogens is 409 g/mol. The zero-order valence-electron chi connectivity index (χ0n) is 17.2. The molecule has 0 aliphatic heterocycles. The number of nitrogens with zero attached hydrogens (tertiary/aromatic N) is 1. The van der Waals surface area contributed by atoms with Gasteiger partial charge >= 0.3 is 0 Å². The molecule has 0 saturated carbocycles. The molecule has 31 heavy (non-hydrogen) atoms. The molecule has 2 aromatic carbocycles. The van der Waals surface area contributed by atoms with Crippen molar-refractivity contribution in [2.45, 2.75) is 19.9 Å². The average Bonchev–Trinajstić information content (AvgIpc) is 3.07. The minimum atomic E-state index is -0.521. The molecule has 0 fully saturated rings. The number of nitrogens with one attached hydrogen (secondary N) is 2. The Morgan fingerprint density at radius 3 is 2.39 bits per heavy atom. The van der Waals surface area contributed by atoms with Gasteiger partial charge in [-0.2, -0.15) is 0 Å². The number of carbonyl (C=O) groups excluding carboxylic acids is 1. The number of pyridine rings is 1. The molecule has 0 aliphatic rings. The molecule has 4 nitrogen and oxygen atoms in total. The minimum absolute atomic E-state index is 0.201. The van der Waals surface area contributed by atoms with Crippen LogP contribution < -0.4 is 10.6 Å². The maximum atomic E-state index is 14.9. The number of amides is 1. The molecule has 0 spiro atoms. The predicted molar refractivity (Wildman–Crippen MR) is 124 cm³/mol. The highest BCUT2D eigenvalue weighted by Gasteiger charge is 2.27. The van der Waals surface area contributed by atoms with Crippen LogP contribution in [0, 0.1) is 19.7 Å². The summed E-state index contributed by atoms with van der Waals surface area (Å²) in [7, 11) is 0. The van der Waals surface area contributed by atoms with Crippen molar-refractivity contribution in [1.29, 1.82) is 0 Å². The Bertz CT molecular complexity index is 1190. The van der Waals surface area contributed by atoms with E-state index in [-0.39, 0.29) is 11.7 Å². The molecule has 4 rings (SSSR count). The molecule has 0 saturated heterocycles. The summed E-state index contributed by atoms with van der Waals surface area (Å²) in [6.45, 7) is 3.99. The van der Waals surface area contributed by atoms with Gasteiger partial charge in [0.25, 0.3) is 5.91 Å². The van der Waals surface area contributed by atoms with E-state index in [1.165, 1.54) is 17.4 Å². The monoisotopic (exact) mass is 431 g/mol. The third-order valence-electron chi connectivity index (χ3n) is 5.16.